The third-order valence-corrected chi connectivity index (χ3v) is 4.81. The van der Waals surface area contributed by atoms with Gasteiger partial charge in [0.05, 0.1) is 6.21 Å². The molecule has 3 rings (SSSR count). The highest BCUT2D eigenvalue weighted by atomic mass is 16.2. The number of aromatic nitrogens is 1. The van der Waals surface area contributed by atoms with Crippen molar-refractivity contribution in [3.8, 4) is 0 Å². The van der Waals surface area contributed by atoms with Gasteiger partial charge in [-0.3, -0.25) is 4.79 Å². The van der Waals surface area contributed by atoms with E-state index in [0.717, 1.165) is 34.8 Å². The first kappa shape index (κ1) is 19.0. The minimum Gasteiger partial charge on any atom is -0.362 e. The number of aryl methyl sites for hydroxylation is 3. The van der Waals surface area contributed by atoms with Crippen LogP contribution >= 0.6 is 0 Å². The summed E-state index contributed by atoms with van der Waals surface area (Å²) in [5, 5.41) is 5.04. The molecule has 0 fully saturated rings. The molecule has 0 atom stereocenters. The molecule has 2 N–H and O–H groups in total. The molecule has 2 aromatic carbocycles. The van der Waals surface area contributed by atoms with Gasteiger partial charge in [0.2, 0.25) is 5.91 Å². The van der Waals surface area contributed by atoms with Gasteiger partial charge in [-0.2, -0.15) is 5.10 Å². The molecule has 0 saturated carbocycles. The number of hydrazone groups is 1. The molecular formula is C22H24BN3O. The van der Waals surface area contributed by atoms with Crippen molar-refractivity contribution < 1.29 is 4.79 Å². The van der Waals surface area contributed by atoms with E-state index < -0.39 is 0 Å². The molecule has 27 heavy (non-hydrogen) atoms. The average Bonchev–Trinajstić information content (AvgIpc) is 2.98. The number of rotatable bonds is 6. The molecule has 1 aromatic heterocycles. The molecule has 1 amide bonds. The lowest BCUT2D eigenvalue weighted by Crippen LogP contribution is -2.17. The zero-order chi connectivity index (χ0) is 19.4. The van der Waals surface area contributed by atoms with Crippen LogP contribution in [0.4, 0.5) is 0 Å². The van der Waals surface area contributed by atoms with Crippen molar-refractivity contribution in [2.75, 3.05) is 0 Å². The molecular weight excluding hydrogens is 333 g/mol. The van der Waals surface area contributed by atoms with E-state index in [2.05, 4.69) is 48.4 Å². The van der Waals surface area contributed by atoms with Crippen LogP contribution < -0.4 is 10.9 Å². The Kier molecular flexibility index (Phi) is 5.80. The minimum absolute atomic E-state index is 0.0705. The maximum Gasteiger partial charge on any atom is 0.240 e. The molecule has 1 heterocycles. The van der Waals surface area contributed by atoms with E-state index in [0.29, 0.717) is 6.42 Å². The van der Waals surface area contributed by atoms with Crippen molar-refractivity contribution in [2.45, 2.75) is 40.0 Å². The van der Waals surface area contributed by atoms with Crippen LogP contribution in [-0.4, -0.2) is 25.0 Å². The van der Waals surface area contributed by atoms with Crippen LogP contribution in [0.5, 0.6) is 0 Å². The van der Waals surface area contributed by atoms with E-state index in [-0.39, 0.29) is 5.91 Å². The number of nitrogens with one attached hydrogen (secondary N) is 2. The predicted molar refractivity (Wildman–Crippen MR) is 113 cm³/mol. The highest BCUT2D eigenvalue weighted by Gasteiger charge is 2.06. The van der Waals surface area contributed by atoms with Gasteiger partial charge in [-0.05, 0) is 73.5 Å². The molecule has 0 spiro atoms. The number of aromatic amines is 1. The highest BCUT2D eigenvalue weighted by Crippen LogP contribution is 2.18. The molecule has 0 saturated heterocycles. The summed E-state index contributed by atoms with van der Waals surface area (Å²) in [5.41, 5.74) is 10.4. The monoisotopic (exact) mass is 357 g/mol. The van der Waals surface area contributed by atoms with Gasteiger partial charge in [-0.15, -0.1) is 0 Å². The molecule has 0 aliphatic carbocycles. The summed E-state index contributed by atoms with van der Waals surface area (Å²) < 4.78 is 0. The lowest BCUT2D eigenvalue weighted by molar-refractivity contribution is -0.121. The Morgan fingerprint density at radius 3 is 2.67 bits per heavy atom. The SMILES string of the molecule is [B]c1c[nH]c2cc(/C=N/NC(=O)CCCc3c(C)cc(C)cc3C)ccc12. The number of carbonyl (C=O) groups excluding carboxylic acids is 1. The summed E-state index contributed by atoms with van der Waals surface area (Å²) >= 11 is 0. The van der Waals surface area contributed by atoms with Crippen LogP contribution in [0.2, 0.25) is 0 Å². The van der Waals surface area contributed by atoms with Crippen LogP contribution in [0, 0.1) is 20.8 Å². The van der Waals surface area contributed by atoms with Crippen LogP contribution in [0.25, 0.3) is 10.9 Å². The molecule has 3 aromatic rings. The number of benzene rings is 2. The maximum atomic E-state index is 12.0. The summed E-state index contributed by atoms with van der Waals surface area (Å²) in [7, 11) is 5.86. The number of hydrogen-bond acceptors (Lipinski definition) is 2. The van der Waals surface area contributed by atoms with E-state index in [1.807, 2.05) is 18.2 Å². The largest absolute Gasteiger partial charge is 0.362 e. The van der Waals surface area contributed by atoms with E-state index >= 15 is 0 Å². The van der Waals surface area contributed by atoms with Gasteiger partial charge in [-0.25, -0.2) is 5.43 Å². The summed E-state index contributed by atoms with van der Waals surface area (Å²) in [6, 6.07) is 10.2. The summed E-state index contributed by atoms with van der Waals surface area (Å²) in [4.78, 5) is 15.1. The van der Waals surface area contributed by atoms with Gasteiger partial charge in [0.15, 0.2) is 0 Å². The Labute approximate surface area is 161 Å². The van der Waals surface area contributed by atoms with Crippen molar-refractivity contribution in [2.24, 2.45) is 5.10 Å². The number of amides is 1. The fraction of sp³-hybridized carbons (Fsp3) is 0.273. The molecule has 136 valence electrons. The second-order valence-corrected chi connectivity index (χ2v) is 7.07. The Bertz CT molecular complexity index is 981. The van der Waals surface area contributed by atoms with Gasteiger partial charge in [0, 0.05) is 11.9 Å². The normalized spacial score (nSPS) is 11.4. The lowest BCUT2D eigenvalue weighted by atomic mass is 9.95. The number of fused-ring (bicyclic) bond motifs is 1. The van der Waals surface area contributed by atoms with E-state index in [9.17, 15) is 4.79 Å². The molecule has 0 bridgehead atoms. The predicted octanol–water partition coefficient (Wildman–Crippen LogP) is 3.36. The van der Waals surface area contributed by atoms with Gasteiger partial charge >= 0.3 is 0 Å². The van der Waals surface area contributed by atoms with Gasteiger partial charge in [0.25, 0.3) is 0 Å². The van der Waals surface area contributed by atoms with Crippen molar-refractivity contribution in [3.63, 3.8) is 0 Å². The topological polar surface area (TPSA) is 57.2 Å². The van der Waals surface area contributed by atoms with Gasteiger partial charge in [-0.1, -0.05) is 35.3 Å². The smallest absolute Gasteiger partial charge is 0.240 e. The average molecular weight is 357 g/mol. The summed E-state index contributed by atoms with van der Waals surface area (Å²) in [6.07, 6.45) is 5.57. The second-order valence-electron chi connectivity index (χ2n) is 7.07. The highest BCUT2D eigenvalue weighted by molar-refractivity contribution is 6.38. The van der Waals surface area contributed by atoms with Crippen molar-refractivity contribution >= 4 is 36.3 Å². The second kappa shape index (κ2) is 8.25. The van der Waals surface area contributed by atoms with E-state index in [1.165, 1.54) is 22.3 Å². The Hall–Kier alpha value is -2.82. The van der Waals surface area contributed by atoms with Crippen LogP contribution in [-0.2, 0) is 11.2 Å². The fourth-order valence-corrected chi connectivity index (χ4v) is 3.51. The molecule has 4 nitrogen and oxygen atoms in total. The lowest BCUT2D eigenvalue weighted by Gasteiger charge is -2.11. The molecule has 0 unspecified atom stereocenters. The van der Waals surface area contributed by atoms with Gasteiger partial charge in [0.1, 0.15) is 7.85 Å². The minimum atomic E-state index is -0.0705. The third kappa shape index (κ3) is 4.67. The number of hydrogen-bond donors (Lipinski definition) is 2. The van der Waals surface area contributed by atoms with Gasteiger partial charge < -0.3 is 4.98 Å². The fourth-order valence-electron chi connectivity index (χ4n) is 3.51. The first-order valence-electron chi connectivity index (χ1n) is 9.19. The zero-order valence-electron chi connectivity index (χ0n) is 16.1. The number of carbonyl (C=O) groups is 1. The number of nitrogens with zero attached hydrogens (tertiary/aromatic N) is 1. The Morgan fingerprint density at radius 1 is 1.19 bits per heavy atom. The van der Waals surface area contributed by atoms with Crippen LogP contribution in [0.15, 0.2) is 41.6 Å². The maximum absolute atomic E-state index is 12.0. The van der Waals surface area contributed by atoms with Crippen LogP contribution in [0.1, 0.15) is 40.7 Å². The van der Waals surface area contributed by atoms with Crippen LogP contribution in [0.3, 0.4) is 0 Å². The molecule has 5 heteroatoms. The van der Waals surface area contributed by atoms with E-state index in [1.54, 1.807) is 12.4 Å². The number of H-pyrrole nitrogens is 1. The van der Waals surface area contributed by atoms with E-state index in [4.69, 9.17) is 7.85 Å². The molecule has 2 radical (unpaired) electrons. The Balaban J connectivity index is 1.50. The Morgan fingerprint density at radius 2 is 1.93 bits per heavy atom. The zero-order valence-corrected chi connectivity index (χ0v) is 16.1. The third-order valence-electron chi connectivity index (χ3n) is 4.81. The van der Waals surface area contributed by atoms with Crippen molar-refractivity contribution in [3.05, 3.63) is 64.3 Å². The summed E-state index contributed by atoms with van der Waals surface area (Å²) in [6.45, 7) is 6.38. The van der Waals surface area contributed by atoms with Crippen molar-refractivity contribution in [1.29, 1.82) is 0 Å². The molecule has 0 aliphatic heterocycles. The summed E-state index contributed by atoms with van der Waals surface area (Å²) in [5.74, 6) is -0.0705. The molecule has 0 aliphatic rings. The quantitative estimate of drug-likeness (QED) is 0.397. The van der Waals surface area contributed by atoms with Crippen molar-refractivity contribution in [1.82, 2.24) is 10.4 Å². The first-order chi connectivity index (χ1) is 12.9. The first-order valence-corrected chi connectivity index (χ1v) is 9.19. The standard InChI is InChI=1S/C22H24BN3O/c1-14-9-15(2)18(16(3)10-14)5-4-6-22(27)26-25-12-17-7-8-19-20(23)13-24-21(19)11-17/h7-13,24H,4-6H2,1-3H3,(H,26,27)/b25-12+.